The maximum Gasteiger partial charge on any atom is 0.248 e. The Morgan fingerprint density at radius 3 is 2.13 bits per heavy atom. The molecule has 0 saturated carbocycles. The lowest BCUT2D eigenvalue weighted by Crippen LogP contribution is -2.47. The van der Waals surface area contributed by atoms with Crippen molar-refractivity contribution < 1.29 is 22.3 Å². The van der Waals surface area contributed by atoms with Crippen LogP contribution in [0.4, 0.5) is 15.8 Å². The van der Waals surface area contributed by atoms with Gasteiger partial charge >= 0.3 is 0 Å². The summed E-state index contributed by atoms with van der Waals surface area (Å²) in [6.45, 7) is 1.67. The van der Waals surface area contributed by atoms with E-state index in [1.165, 1.54) is 18.2 Å². The number of para-hydroxylation sites is 2. The van der Waals surface area contributed by atoms with E-state index in [2.05, 4.69) is 5.32 Å². The van der Waals surface area contributed by atoms with Gasteiger partial charge in [-0.15, -0.1) is 0 Å². The number of amides is 1. The van der Waals surface area contributed by atoms with Gasteiger partial charge in [-0.05, 0) is 55.0 Å². The third kappa shape index (κ3) is 5.61. The normalized spacial score (nSPS) is 12.1. The second-order valence-electron chi connectivity index (χ2n) is 6.86. The van der Waals surface area contributed by atoms with Crippen molar-refractivity contribution in [3.8, 4) is 11.5 Å². The van der Waals surface area contributed by atoms with Gasteiger partial charge < -0.3 is 10.1 Å². The van der Waals surface area contributed by atoms with E-state index in [0.29, 0.717) is 17.2 Å². The largest absolute Gasteiger partial charge is 0.457 e. The van der Waals surface area contributed by atoms with E-state index < -0.39 is 27.8 Å². The summed E-state index contributed by atoms with van der Waals surface area (Å²) in [6.07, 6.45) is 1.10. The van der Waals surface area contributed by atoms with E-state index in [1.807, 2.05) is 30.3 Å². The topological polar surface area (TPSA) is 75.7 Å². The summed E-state index contributed by atoms with van der Waals surface area (Å²) in [5.41, 5.74) is 0.296. The summed E-state index contributed by atoms with van der Waals surface area (Å²) in [7, 11) is -3.92. The van der Waals surface area contributed by atoms with Crippen LogP contribution in [0.25, 0.3) is 0 Å². The van der Waals surface area contributed by atoms with Crippen LogP contribution >= 0.6 is 0 Å². The van der Waals surface area contributed by atoms with E-state index in [1.54, 1.807) is 31.2 Å². The van der Waals surface area contributed by atoms with Crippen LogP contribution in [0.5, 0.6) is 11.5 Å². The number of carbonyl (C=O) groups is 1. The van der Waals surface area contributed by atoms with Gasteiger partial charge in [0, 0.05) is 5.69 Å². The zero-order chi connectivity index (χ0) is 22.4. The molecule has 1 atom stereocenters. The summed E-state index contributed by atoms with van der Waals surface area (Å²) >= 11 is 0. The molecular weight excluding hydrogens is 419 g/mol. The second-order valence-corrected chi connectivity index (χ2v) is 8.72. The second kappa shape index (κ2) is 9.61. The lowest BCUT2D eigenvalue weighted by atomic mass is 10.1. The van der Waals surface area contributed by atoms with Crippen molar-refractivity contribution in [3.05, 3.63) is 84.7 Å². The van der Waals surface area contributed by atoms with E-state index >= 15 is 0 Å². The Kier molecular flexibility index (Phi) is 6.91. The summed E-state index contributed by atoms with van der Waals surface area (Å²) in [6, 6.07) is 20.3. The Balaban J connectivity index is 1.79. The molecule has 162 valence electrons. The Hall–Kier alpha value is -3.39. The zero-order valence-electron chi connectivity index (χ0n) is 17.2. The minimum Gasteiger partial charge on any atom is -0.457 e. The number of hydrogen-bond donors (Lipinski definition) is 1. The highest BCUT2D eigenvalue weighted by Crippen LogP contribution is 2.27. The molecule has 1 amide bonds. The quantitative estimate of drug-likeness (QED) is 0.544. The summed E-state index contributed by atoms with van der Waals surface area (Å²) in [4.78, 5) is 12.9. The monoisotopic (exact) mass is 442 g/mol. The molecule has 1 unspecified atom stereocenters. The van der Waals surface area contributed by atoms with E-state index in [9.17, 15) is 17.6 Å². The maximum absolute atomic E-state index is 14.3. The van der Waals surface area contributed by atoms with Crippen molar-refractivity contribution in [3.63, 3.8) is 0 Å². The number of nitrogens with one attached hydrogen (secondary N) is 1. The van der Waals surface area contributed by atoms with Gasteiger partial charge in [0.1, 0.15) is 23.4 Å². The minimum absolute atomic E-state index is 0.155. The maximum atomic E-state index is 14.3. The Labute approximate surface area is 181 Å². The fraction of sp³-hybridized carbons (Fsp3) is 0.174. The molecule has 3 rings (SSSR count). The number of halogens is 1. The predicted octanol–water partition coefficient (Wildman–Crippen LogP) is 4.80. The molecule has 0 aliphatic carbocycles. The van der Waals surface area contributed by atoms with Crippen molar-refractivity contribution in [1.29, 1.82) is 0 Å². The van der Waals surface area contributed by atoms with Crippen LogP contribution in [0, 0.1) is 5.82 Å². The van der Waals surface area contributed by atoms with E-state index in [4.69, 9.17) is 4.74 Å². The van der Waals surface area contributed by atoms with Gasteiger partial charge in [-0.2, -0.15) is 0 Å². The Bertz CT molecular complexity index is 1140. The van der Waals surface area contributed by atoms with Crippen molar-refractivity contribution in [2.75, 3.05) is 15.9 Å². The van der Waals surface area contributed by atoms with Crippen molar-refractivity contribution in [1.82, 2.24) is 0 Å². The first kappa shape index (κ1) is 22.3. The van der Waals surface area contributed by atoms with Crippen molar-refractivity contribution in [2.45, 2.75) is 19.4 Å². The molecule has 8 heteroatoms. The molecule has 0 aliphatic rings. The molecule has 1 N–H and O–H groups in total. The lowest BCUT2D eigenvalue weighted by Gasteiger charge is -2.30. The van der Waals surface area contributed by atoms with E-state index in [0.717, 1.165) is 16.6 Å². The molecule has 0 spiro atoms. The molecular formula is C23H23FN2O4S. The highest BCUT2D eigenvalue weighted by atomic mass is 32.2. The van der Waals surface area contributed by atoms with Crippen LogP contribution in [-0.4, -0.2) is 26.6 Å². The van der Waals surface area contributed by atoms with Crippen LogP contribution in [0.3, 0.4) is 0 Å². The first-order valence-electron chi connectivity index (χ1n) is 9.67. The fourth-order valence-electron chi connectivity index (χ4n) is 3.12. The molecule has 0 heterocycles. The number of carbonyl (C=O) groups excluding carboxylic acids is 1. The SMILES string of the molecule is CCC(C(=O)Nc1ccc(Oc2ccccc2)cc1)N(c1ccccc1F)S(C)(=O)=O. The number of ether oxygens (including phenoxy) is 1. The van der Waals surface area contributed by atoms with Gasteiger partial charge in [-0.25, -0.2) is 12.8 Å². The number of sulfonamides is 1. The molecule has 6 nitrogen and oxygen atoms in total. The Morgan fingerprint density at radius 2 is 1.55 bits per heavy atom. The molecule has 0 aromatic heterocycles. The smallest absolute Gasteiger partial charge is 0.248 e. The van der Waals surface area contributed by atoms with Gasteiger partial charge in [-0.1, -0.05) is 37.3 Å². The average Bonchev–Trinajstić information content (AvgIpc) is 2.74. The summed E-state index contributed by atoms with van der Waals surface area (Å²) in [5, 5.41) is 2.70. The zero-order valence-corrected chi connectivity index (χ0v) is 18.0. The number of anilines is 2. The van der Waals surface area contributed by atoms with Crippen LogP contribution in [0.2, 0.25) is 0 Å². The number of hydrogen-bond acceptors (Lipinski definition) is 4. The number of rotatable bonds is 8. The standard InChI is InChI=1S/C23H23FN2O4S/c1-3-21(26(31(2,28)29)22-12-8-7-11-20(22)24)23(27)25-17-13-15-19(16-14-17)30-18-9-5-4-6-10-18/h4-16,21H,3H2,1-2H3,(H,25,27). The summed E-state index contributed by atoms with van der Waals surface area (Å²) < 4.78 is 45.7. The van der Waals surface area contributed by atoms with Crippen LogP contribution in [0.15, 0.2) is 78.9 Å². The van der Waals surface area contributed by atoms with Crippen molar-refractivity contribution >= 4 is 27.3 Å². The van der Waals surface area contributed by atoms with Gasteiger partial charge in [0.25, 0.3) is 0 Å². The van der Waals surface area contributed by atoms with E-state index in [-0.39, 0.29) is 12.1 Å². The minimum atomic E-state index is -3.92. The average molecular weight is 443 g/mol. The molecule has 3 aromatic rings. The van der Waals surface area contributed by atoms with Gasteiger partial charge in [-0.3, -0.25) is 9.10 Å². The fourth-order valence-corrected chi connectivity index (χ4v) is 4.33. The molecule has 0 aliphatic heterocycles. The third-order valence-corrected chi connectivity index (χ3v) is 5.69. The highest BCUT2D eigenvalue weighted by Gasteiger charge is 2.33. The first-order valence-corrected chi connectivity index (χ1v) is 11.5. The Morgan fingerprint density at radius 1 is 0.968 bits per heavy atom. The van der Waals surface area contributed by atoms with Crippen LogP contribution in [0.1, 0.15) is 13.3 Å². The third-order valence-electron chi connectivity index (χ3n) is 4.52. The van der Waals surface area contributed by atoms with Crippen LogP contribution < -0.4 is 14.4 Å². The molecule has 0 saturated heterocycles. The van der Waals surface area contributed by atoms with Crippen LogP contribution in [-0.2, 0) is 14.8 Å². The predicted molar refractivity (Wildman–Crippen MR) is 119 cm³/mol. The van der Waals surface area contributed by atoms with Gasteiger partial charge in [0.15, 0.2) is 0 Å². The number of nitrogens with zero attached hydrogens (tertiary/aromatic N) is 1. The summed E-state index contributed by atoms with van der Waals surface area (Å²) in [5.74, 6) is -0.0196. The number of benzene rings is 3. The van der Waals surface area contributed by atoms with Crippen molar-refractivity contribution in [2.24, 2.45) is 0 Å². The molecule has 0 bridgehead atoms. The molecule has 0 fully saturated rings. The first-order chi connectivity index (χ1) is 14.8. The highest BCUT2D eigenvalue weighted by molar-refractivity contribution is 7.92. The lowest BCUT2D eigenvalue weighted by molar-refractivity contribution is -0.117. The van der Waals surface area contributed by atoms with Gasteiger partial charge in [0.2, 0.25) is 15.9 Å². The van der Waals surface area contributed by atoms with Gasteiger partial charge in [0.05, 0.1) is 11.9 Å². The molecule has 3 aromatic carbocycles. The molecule has 31 heavy (non-hydrogen) atoms. The molecule has 0 radical (unpaired) electrons.